The second-order valence-electron chi connectivity index (χ2n) is 4.67. The van der Waals surface area contributed by atoms with Gasteiger partial charge in [-0.05, 0) is 30.3 Å². The first-order chi connectivity index (χ1) is 11.3. The summed E-state index contributed by atoms with van der Waals surface area (Å²) in [5, 5.41) is 9.43. The minimum absolute atomic E-state index is 0.382. The van der Waals surface area contributed by atoms with Crippen molar-refractivity contribution in [2.75, 3.05) is 0 Å². The predicted molar refractivity (Wildman–Crippen MR) is 87.3 cm³/mol. The molecule has 3 aromatic rings. The van der Waals surface area contributed by atoms with Gasteiger partial charge in [0.25, 0.3) is 0 Å². The zero-order chi connectivity index (χ0) is 16.1. The van der Waals surface area contributed by atoms with E-state index in [9.17, 15) is 4.39 Å². The number of nitrogens with zero attached hydrogens (tertiary/aromatic N) is 2. The SMILES string of the molecule is NSOOc1ccc(-n2nc(CF)cc2-c2ccccc2)cc1. The van der Waals surface area contributed by atoms with E-state index < -0.39 is 6.67 Å². The van der Waals surface area contributed by atoms with Crippen molar-refractivity contribution in [3.05, 3.63) is 66.4 Å². The quantitative estimate of drug-likeness (QED) is 0.322. The van der Waals surface area contributed by atoms with E-state index in [1.54, 1.807) is 35.0 Å². The Morgan fingerprint density at radius 2 is 1.83 bits per heavy atom. The van der Waals surface area contributed by atoms with Crippen LogP contribution in [0.2, 0.25) is 0 Å². The number of aromatic nitrogens is 2. The van der Waals surface area contributed by atoms with Crippen LogP contribution in [-0.4, -0.2) is 9.78 Å². The van der Waals surface area contributed by atoms with Crippen molar-refractivity contribution in [2.24, 2.45) is 5.14 Å². The van der Waals surface area contributed by atoms with Gasteiger partial charge in [0, 0.05) is 5.56 Å². The summed E-state index contributed by atoms with van der Waals surface area (Å²) >= 11 is 0.622. The summed E-state index contributed by atoms with van der Waals surface area (Å²) in [7, 11) is 0. The van der Waals surface area contributed by atoms with Gasteiger partial charge >= 0.3 is 0 Å². The van der Waals surface area contributed by atoms with Gasteiger partial charge in [-0.1, -0.05) is 34.7 Å². The Kier molecular flexibility index (Phi) is 4.92. The summed E-state index contributed by atoms with van der Waals surface area (Å²) in [6.45, 7) is -0.615. The Hall–Kier alpha value is -2.35. The standard InChI is InChI=1S/C16H14FN3O2S/c17-11-13-10-16(12-4-2-1-3-5-12)20(19-13)14-6-8-15(9-7-14)21-22-23-18/h1-10H,11,18H2. The van der Waals surface area contributed by atoms with E-state index in [1.807, 2.05) is 30.3 Å². The number of halogens is 1. The van der Waals surface area contributed by atoms with Gasteiger partial charge in [0.2, 0.25) is 0 Å². The highest BCUT2D eigenvalue weighted by Gasteiger charge is 2.11. The van der Waals surface area contributed by atoms with E-state index in [2.05, 4.69) is 9.43 Å². The molecule has 0 fully saturated rings. The molecule has 0 aliphatic carbocycles. The largest absolute Gasteiger partial charge is 0.324 e. The van der Waals surface area contributed by atoms with Crippen molar-refractivity contribution < 1.29 is 13.6 Å². The van der Waals surface area contributed by atoms with Crippen LogP contribution in [0.15, 0.2) is 60.7 Å². The maximum Gasteiger partial charge on any atom is 0.166 e. The molecule has 2 aromatic carbocycles. The first-order valence-corrected chi connectivity index (χ1v) is 7.63. The van der Waals surface area contributed by atoms with Crippen molar-refractivity contribution in [1.82, 2.24) is 9.78 Å². The molecule has 0 saturated carbocycles. The van der Waals surface area contributed by atoms with Crippen LogP contribution in [0.4, 0.5) is 4.39 Å². The average molecular weight is 331 g/mol. The molecule has 1 heterocycles. The lowest BCUT2D eigenvalue weighted by Gasteiger charge is -2.08. The minimum atomic E-state index is -0.615. The fraction of sp³-hybridized carbons (Fsp3) is 0.0625. The van der Waals surface area contributed by atoms with Crippen LogP contribution in [0.25, 0.3) is 16.9 Å². The number of rotatable bonds is 6. The number of hydrogen-bond donors (Lipinski definition) is 1. The molecular weight excluding hydrogens is 317 g/mol. The van der Waals surface area contributed by atoms with Gasteiger partial charge in [0.05, 0.1) is 17.1 Å². The third-order valence-electron chi connectivity index (χ3n) is 3.22. The van der Waals surface area contributed by atoms with Crippen LogP contribution in [0, 0.1) is 0 Å². The van der Waals surface area contributed by atoms with Crippen molar-refractivity contribution in [3.8, 4) is 22.7 Å². The Morgan fingerprint density at radius 1 is 1.09 bits per heavy atom. The lowest BCUT2D eigenvalue weighted by Crippen LogP contribution is -2.00. The molecule has 0 spiro atoms. The summed E-state index contributed by atoms with van der Waals surface area (Å²) in [6, 6.07) is 18.5. The number of hydrogen-bond acceptors (Lipinski definition) is 5. The second-order valence-corrected chi connectivity index (χ2v) is 5.00. The zero-order valence-corrected chi connectivity index (χ0v) is 12.9. The summed E-state index contributed by atoms with van der Waals surface area (Å²) in [4.78, 5) is 4.94. The molecule has 0 saturated heterocycles. The fourth-order valence-corrected chi connectivity index (χ4v) is 2.33. The molecular formula is C16H14FN3O2S. The normalized spacial score (nSPS) is 10.7. The van der Waals surface area contributed by atoms with E-state index in [4.69, 9.17) is 10.0 Å². The Morgan fingerprint density at radius 3 is 2.48 bits per heavy atom. The van der Waals surface area contributed by atoms with E-state index in [-0.39, 0.29) is 0 Å². The Balaban J connectivity index is 1.97. The highest BCUT2D eigenvalue weighted by molar-refractivity contribution is 7.92. The van der Waals surface area contributed by atoms with E-state index >= 15 is 0 Å². The topological polar surface area (TPSA) is 62.3 Å². The molecule has 118 valence electrons. The van der Waals surface area contributed by atoms with Gasteiger partial charge in [-0.15, -0.1) is 0 Å². The van der Waals surface area contributed by atoms with Crippen LogP contribution in [0.5, 0.6) is 5.75 Å². The van der Waals surface area contributed by atoms with Crippen molar-refractivity contribution in [2.45, 2.75) is 6.67 Å². The Bertz CT molecular complexity index is 763. The predicted octanol–water partition coefficient (Wildman–Crippen LogP) is 3.84. The van der Waals surface area contributed by atoms with Crippen LogP contribution >= 0.6 is 12.2 Å². The van der Waals surface area contributed by atoms with Crippen LogP contribution < -0.4 is 10.0 Å². The lowest BCUT2D eigenvalue weighted by molar-refractivity contribution is -0.0777. The molecule has 0 radical (unpaired) electrons. The number of nitrogens with two attached hydrogens (primary N) is 1. The molecule has 1 aromatic heterocycles. The molecule has 5 nitrogen and oxygen atoms in total. The first kappa shape index (κ1) is 15.5. The van der Waals surface area contributed by atoms with Crippen LogP contribution in [0.1, 0.15) is 5.69 Å². The molecule has 0 atom stereocenters. The smallest absolute Gasteiger partial charge is 0.166 e. The molecule has 0 unspecified atom stereocenters. The summed E-state index contributed by atoms with van der Waals surface area (Å²) in [6.07, 6.45) is 0. The highest BCUT2D eigenvalue weighted by atomic mass is 32.2. The third kappa shape index (κ3) is 3.53. The van der Waals surface area contributed by atoms with Crippen molar-refractivity contribution in [3.63, 3.8) is 0 Å². The molecule has 2 N–H and O–H groups in total. The van der Waals surface area contributed by atoms with Gasteiger partial charge in [0.15, 0.2) is 5.75 Å². The molecule has 3 rings (SSSR count). The van der Waals surface area contributed by atoms with E-state index in [0.717, 1.165) is 16.9 Å². The maximum atomic E-state index is 13.0. The van der Waals surface area contributed by atoms with Crippen molar-refractivity contribution in [1.29, 1.82) is 0 Å². The van der Waals surface area contributed by atoms with Gasteiger partial charge in [-0.3, -0.25) is 5.14 Å². The molecule has 0 amide bonds. The van der Waals surface area contributed by atoms with Gasteiger partial charge in [-0.2, -0.15) is 5.10 Å². The van der Waals surface area contributed by atoms with Crippen LogP contribution in [0.3, 0.4) is 0 Å². The van der Waals surface area contributed by atoms with Gasteiger partial charge < -0.3 is 4.89 Å². The summed E-state index contributed by atoms with van der Waals surface area (Å²) in [5.41, 5.74) is 2.95. The minimum Gasteiger partial charge on any atom is -0.324 e. The van der Waals surface area contributed by atoms with E-state index in [0.29, 0.717) is 23.7 Å². The Labute approximate surface area is 137 Å². The highest BCUT2D eigenvalue weighted by Crippen LogP contribution is 2.25. The van der Waals surface area contributed by atoms with E-state index in [1.165, 1.54) is 0 Å². The molecule has 7 heteroatoms. The zero-order valence-electron chi connectivity index (χ0n) is 12.1. The molecule has 0 bridgehead atoms. The lowest BCUT2D eigenvalue weighted by atomic mass is 10.1. The molecule has 0 aliphatic rings. The molecule has 23 heavy (non-hydrogen) atoms. The third-order valence-corrected chi connectivity index (χ3v) is 3.36. The van der Waals surface area contributed by atoms with Crippen molar-refractivity contribution >= 4 is 12.2 Å². The van der Waals surface area contributed by atoms with Gasteiger partial charge in [-0.25, -0.2) is 9.07 Å². The second kappa shape index (κ2) is 7.28. The molecule has 0 aliphatic heterocycles. The number of benzene rings is 2. The maximum absolute atomic E-state index is 13.0. The average Bonchev–Trinajstić information content (AvgIpc) is 3.05. The number of alkyl halides is 1. The fourth-order valence-electron chi connectivity index (χ4n) is 2.21. The summed E-state index contributed by atoms with van der Waals surface area (Å²) < 4.78 is 19.3. The first-order valence-electron chi connectivity index (χ1n) is 6.82. The summed E-state index contributed by atoms with van der Waals surface area (Å²) in [5.74, 6) is 0.505. The van der Waals surface area contributed by atoms with Gasteiger partial charge in [0.1, 0.15) is 18.9 Å². The monoisotopic (exact) mass is 331 g/mol. The van der Waals surface area contributed by atoms with Crippen LogP contribution in [-0.2, 0) is 11.0 Å².